The number of alkyl halides is 1. The van der Waals surface area contributed by atoms with E-state index in [0.717, 1.165) is 5.56 Å². The summed E-state index contributed by atoms with van der Waals surface area (Å²) in [5, 5.41) is 10.2. The summed E-state index contributed by atoms with van der Waals surface area (Å²) in [4.78, 5) is -1.10. The Morgan fingerprint density at radius 3 is 2.33 bits per heavy atom. The molecule has 0 amide bonds. The van der Waals surface area contributed by atoms with Gasteiger partial charge in [0, 0.05) is 11.5 Å². The van der Waals surface area contributed by atoms with E-state index in [1.54, 1.807) is 0 Å². The standard InChI is InChI=1S/C13H10Cl4O/c14-10-6-9(18)11(15)12(16)13(10,17)7-8-4-2-1-3-5-8/h1-6,9,18H,7H2. The molecule has 0 aliphatic heterocycles. The van der Waals surface area contributed by atoms with Crippen LogP contribution >= 0.6 is 46.4 Å². The van der Waals surface area contributed by atoms with Crippen molar-refractivity contribution in [2.75, 3.05) is 0 Å². The highest BCUT2D eigenvalue weighted by molar-refractivity contribution is 6.50. The van der Waals surface area contributed by atoms with Crippen molar-refractivity contribution in [1.29, 1.82) is 0 Å². The van der Waals surface area contributed by atoms with Gasteiger partial charge in [-0.05, 0) is 11.6 Å². The first kappa shape index (κ1) is 14.2. The van der Waals surface area contributed by atoms with Crippen LogP contribution in [0.15, 0.2) is 51.5 Å². The molecule has 1 aromatic rings. The Hall–Kier alpha value is -0.180. The molecular weight excluding hydrogens is 314 g/mol. The van der Waals surface area contributed by atoms with Gasteiger partial charge in [0.2, 0.25) is 0 Å². The second-order valence-corrected chi connectivity index (χ2v) is 5.92. The molecule has 0 spiro atoms. The Balaban J connectivity index is 2.38. The molecule has 2 unspecified atom stereocenters. The Bertz CT molecular complexity index is 509. The van der Waals surface area contributed by atoms with Crippen LogP contribution in [0.5, 0.6) is 0 Å². The van der Waals surface area contributed by atoms with Gasteiger partial charge in [-0.1, -0.05) is 65.1 Å². The van der Waals surface area contributed by atoms with Gasteiger partial charge in [0.1, 0.15) is 11.0 Å². The molecule has 0 saturated heterocycles. The van der Waals surface area contributed by atoms with E-state index in [1.807, 2.05) is 30.3 Å². The van der Waals surface area contributed by atoms with Crippen LogP contribution in [0.3, 0.4) is 0 Å². The Morgan fingerprint density at radius 2 is 1.72 bits per heavy atom. The number of halogens is 4. The van der Waals surface area contributed by atoms with Gasteiger partial charge in [-0.3, -0.25) is 0 Å². The summed E-state index contributed by atoms with van der Waals surface area (Å²) >= 11 is 24.7. The number of benzene rings is 1. The van der Waals surface area contributed by atoms with Crippen LogP contribution in [0.4, 0.5) is 0 Å². The molecule has 0 fully saturated rings. The van der Waals surface area contributed by atoms with Crippen molar-refractivity contribution >= 4 is 46.4 Å². The number of hydrogen-bond acceptors (Lipinski definition) is 1. The third-order valence-electron chi connectivity index (χ3n) is 2.79. The summed E-state index contributed by atoms with van der Waals surface area (Å²) in [6, 6.07) is 9.58. The molecule has 1 aliphatic rings. The average molecular weight is 324 g/mol. The van der Waals surface area contributed by atoms with Crippen molar-refractivity contribution in [2.45, 2.75) is 17.4 Å². The average Bonchev–Trinajstić information content (AvgIpc) is 2.36. The third-order valence-corrected chi connectivity index (χ3v) is 4.99. The second-order valence-electron chi connectivity index (χ2n) is 4.08. The van der Waals surface area contributed by atoms with Crippen molar-refractivity contribution in [1.82, 2.24) is 0 Å². The van der Waals surface area contributed by atoms with Gasteiger partial charge in [0.15, 0.2) is 0 Å². The van der Waals surface area contributed by atoms with E-state index in [9.17, 15) is 5.11 Å². The molecule has 2 atom stereocenters. The molecule has 18 heavy (non-hydrogen) atoms. The molecule has 0 saturated carbocycles. The van der Waals surface area contributed by atoms with Gasteiger partial charge in [0.05, 0.1) is 10.1 Å². The van der Waals surface area contributed by atoms with Crippen LogP contribution < -0.4 is 0 Å². The summed E-state index contributed by atoms with van der Waals surface area (Å²) in [6.07, 6.45) is 0.826. The fraction of sp³-hybridized carbons (Fsp3) is 0.231. The molecular formula is C13H10Cl4O. The van der Waals surface area contributed by atoms with Gasteiger partial charge < -0.3 is 5.11 Å². The minimum Gasteiger partial charge on any atom is -0.383 e. The smallest absolute Gasteiger partial charge is 0.120 e. The van der Waals surface area contributed by atoms with Crippen molar-refractivity contribution in [3.63, 3.8) is 0 Å². The predicted octanol–water partition coefficient (Wildman–Crippen LogP) is 4.39. The summed E-state index contributed by atoms with van der Waals surface area (Å²) in [5.74, 6) is 0. The van der Waals surface area contributed by atoms with E-state index in [0.29, 0.717) is 6.42 Å². The molecule has 1 nitrogen and oxygen atoms in total. The van der Waals surface area contributed by atoms with Crippen molar-refractivity contribution in [2.24, 2.45) is 0 Å². The van der Waals surface area contributed by atoms with Gasteiger partial charge in [-0.2, -0.15) is 0 Å². The number of allylic oxidation sites excluding steroid dienone is 2. The van der Waals surface area contributed by atoms with Crippen molar-refractivity contribution in [3.8, 4) is 0 Å². The van der Waals surface area contributed by atoms with E-state index < -0.39 is 11.0 Å². The zero-order valence-electron chi connectivity index (χ0n) is 9.21. The maximum absolute atomic E-state index is 9.62. The van der Waals surface area contributed by atoms with Gasteiger partial charge in [0.25, 0.3) is 0 Å². The quantitative estimate of drug-likeness (QED) is 0.800. The fourth-order valence-electron chi connectivity index (χ4n) is 1.81. The lowest BCUT2D eigenvalue weighted by molar-refractivity contribution is 0.262. The summed E-state index contributed by atoms with van der Waals surface area (Å²) in [5.41, 5.74) is 0.984. The van der Waals surface area contributed by atoms with E-state index in [1.165, 1.54) is 6.08 Å². The number of rotatable bonds is 2. The first-order valence-corrected chi connectivity index (χ1v) is 6.80. The Kier molecular flexibility index (Phi) is 4.30. The first-order chi connectivity index (χ1) is 8.45. The molecule has 1 aromatic carbocycles. The van der Waals surface area contributed by atoms with E-state index in [2.05, 4.69) is 0 Å². The van der Waals surface area contributed by atoms with Crippen LogP contribution in [0.2, 0.25) is 0 Å². The topological polar surface area (TPSA) is 20.2 Å². The highest BCUT2D eigenvalue weighted by Gasteiger charge is 2.41. The molecule has 1 N–H and O–H groups in total. The monoisotopic (exact) mass is 322 g/mol. The van der Waals surface area contributed by atoms with Gasteiger partial charge in [-0.15, -0.1) is 11.6 Å². The minimum absolute atomic E-state index is 0.118. The van der Waals surface area contributed by atoms with Crippen LogP contribution in [-0.2, 0) is 6.42 Å². The lowest BCUT2D eigenvalue weighted by Crippen LogP contribution is -2.32. The molecule has 0 heterocycles. The van der Waals surface area contributed by atoms with E-state index in [-0.39, 0.29) is 15.1 Å². The molecule has 0 radical (unpaired) electrons. The Morgan fingerprint density at radius 1 is 1.11 bits per heavy atom. The maximum atomic E-state index is 9.62. The number of aliphatic hydroxyl groups excluding tert-OH is 1. The second kappa shape index (κ2) is 5.44. The third kappa shape index (κ3) is 2.56. The summed E-state index contributed by atoms with van der Waals surface area (Å²) in [6.45, 7) is 0. The normalized spacial score (nSPS) is 28.3. The van der Waals surface area contributed by atoms with Crippen molar-refractivity contribution in [3.05, 3.63) is 57.1 Å². The minimum atomic E-state index is -1.10. The number of aliphatic hydroxyl groups is 1. The van der Waals surface area contributed by atoms with E-state index in [4.69, 9.17) is 46.4 Å². The molecule has 2 rings (SSSR count). The first-order valence-electron chi connectivity index (χ1n) is 5.29. The van der Waals surface area contributed by atoms with Gasteiger partial charge in [-0.25, -0.2) is 0 Å². The predicted molar refractivity (Wildman–Crippen MR) is 77.4 cm³/mol. The zero-order valence-corrected chi connectivity index (χ0v) is 12.2. The Labute approximate surface area is 126 Å². The van der Waals surface area contributed by atoms with Gasteiger partial charge >= 0.3 is 0 Å². The number of hydrogen-bond donors (Lipinski definition) is 1. The largest absolute Gasteiger partial charge is 0.383 e. The fourth-order valence-corrected chi connectivity index (χ4v) is 3.01. The summed E-state index contributed by atoms with van der Waals surface area (Å²) < 4.78 is 0. The van der Waals surface area contributed by atoms with E-state index >= 15 is 0 Å². The molecule has 0 aromatic heterocycles. The molecule has 5 heteroatoms. The van der Waals surface area contributed by atoms with Crippen LogP contribution in [-0.4, -0.2) is 16.1 Å². The lowest BCUT2D eigenvalue weighted by atomic mass is 9.92. The highest BCUT2D eigenvalue weighted by atomic mass is 35.5. The van der Waals surface area contributed by atoms with Crippen molar-refractivity contribution < 1.29 is 5.11 Å². The SMILES string of the molecule is OC1C=C(Cl)C(Cl)(Cc2ccccc2)C(Cl)=C1Cl. The van der Waals surface area contributed by atoms with Crippen LogP contribution in [0.1, 0.15) is 5.56 Å². The van der Waals surface area contributed by atoms with Crippen LogP contribution in [0, 0.1) is 0 Å². The zero-order chi connectivity index (χ0) is 13.3. The summed E-state index contributed by atoms with van der Waals surface area (Å²) in [7, 11) is 0. The maximum Gasteiger partial charge on any atom is 0.120 e. The molecule has 1 aliphatic carbocycles. The van der Waals surface area contributed by atoms with Crippen LogP contribution in [0.25, 0.3) is 0 Å². The highest BCUT2D eigenvalue weighted by Crippen LogP contribution is 2.46. The molecule has 96 valence electrons. The lowest BCUT2D eigenvalue weighted by Gasteiger charge is -2.31. The molecule has 0 bridgehead atoms.